The minimum atomic E-state index is -0.547. The molecule has 17 heavy (non-hydrogen) atoms. The number of aliphatic hydroxyl groups is 1. The third-order valence-electron chi connectivity index (χ3n) is 2.78. The summed E-state index contributed by atoms with van der Waals surface area (Å²) in [6.45, 7) is 2.87. The van der Waals surface area contributed by atoms with E-state index in [1.165, 1.54) is 0 Å². The monoisotopic (exact) mass is 272 g/mol. The van der Waals surface area contributed by atoms with Crippen molar-refractivity contribution >= 4 is 34.1 Å². The number of rotatable bonds is 3. The molecule has 1 aromatic carbocycles. The normalized spacial score (nSPS) is 13.2. The molecule has 0 saturated heterocycles. The van der Waals surface area contributed by atoms with E-state index in [2.05, 4.69) is 0 Å². The molecule has 0 aliphatic heterocycles. The van der Waals surface area contributed by atoms with Crippen LogP contribution in [0, 0.1) is 0 Å². The van der Waals surface area contributed by atoms with Gasteiger partial charge in [-0.05, 0) is 13.0 Å². The van der Waals surface area contributed by atoms with Crippen molar-refractivity contribution in [2.45, 2.75) is 19.6 Å². The lowest BCUT2D eigenvalue weighted by molar-refractivity contribution is 0.200. The molecule has 5 heteroatoms. The number of nitrogens with zero attached hydrogens (tertiary/aromatic N) is 1. The van der Waals surface area contributed by atoms with E-state index in [-0.39, 0.29) is 0 Å². The van der Waals surface area contributed by atoms with Gasteiger partial charge in [-0.2, -0.15) is 0 Å². The summed E-state index contributed by atoms with van der Waals surface area (Å²) in [5.41, 5.74) is 7.24. The van der Waals surface area contributed by atoms with Crippen LogP contribution in [0.2, 0.25) is 10.0 Å². The van der Waals surface area contributed by atoms with Gasteiger partial charge in [0.2, 0.25) is 0 Å². The molecule has 0 aliphatic carbocycles. The number of nitrogens with two attached hydrogens (primary N) is 1. The lowest BCUT2D eigenvalue weighted by atomic mass is 10.1. The van der Waals surface area contributed by atoms with Crippen LogP contribution in [-0.2, 0) is 6.54 Å². The summed E-state index contributed by atoms with van der Waals surface area (Å²) in [5, 5.41) is 11.7. The molecule has 0 spiro atoms. The molecule has 3 N–H and O–H groups in total. The molecule has 2 aromatic rings. The first-order valence-electron chi connectivity index (χ1n) is 5.41. The standard InChI is InChI=1S/C12H14Cl2N2O/c1-7(17)9-6-16(5-4-15)12-8(9)2-3-10(13)11(12)14/h2-3,6-7,17H,4-5,15H2,1H3. The van der Waals surface area contributed by atoms with Crippen molar-refractivity contribution < 1.29 is 5.11 Å². The van der Waals surface area contributed by atoms with Crippen LogP contribution in [0.1, 0.15) is 18.6 Å². The maximum atomic E-state index is 9.74. The molecule has 0 fully saturated rings. The Bertz CT molecular complexity index is 549. The van der Waals surface area contributed by atoms with Gasteiger partial charge in [-0.3, -0.25) is 0 Å². The first-order valence-corrected chi connectivity index (χ1v) is 6.16. The predicted molar refractivity (Wildman–Crippen MR) is 71.6 cm³/mol. The molecule has 1 heterocycles. The quantitative estimate of drug-likeness (QED) is 0.903. The number of fused-ring (bicyclic) bond motifs is 1. The number of aliphatic hydroxyl groups excluding tert-OH is 1. The number of benzene rings is 1. The van der Waals surface area contributed by atoms with Crippen molar-refractivity contribution in [3.8, 4) is 0 Å². The van der Waals surface area contributed by atoms with Crippen LogP contribution >= 0.6 is 23.2 Å². The zero-order valence-electron chi connectivity index (χ0n) is 9.45. The maximum absolute atomic E-state index is 9.74. The van der Waals surface area contributed by atoms with E-state index in [0.29, 0.717) is 23.1 Å². The first kappa shape index (κ1) is 12.7. The van der Waals surface area contributed by atoms with Crippen LogP contribution < -0.4 is 5.73 Å². The zero-order valence-corrected chi connectivity index (χ0v) is 11.0. The fourth-order valence-electron chi connectivity index (χ4n) is 2.00. The van der Waals surface area contributed by atoms with Gasteiger partial charge in [-0.25, -0.2) is 0 Å². The SMILES string of the molecule is CC(O)c1cn(CCN)c2c(Cl)c(Cl)ccc12. The lowest BCUT2D eigenvalue weighted by Gasteiger charge is -2.05. The van der Waals surface area contributed by atoms with E-state index >= 15 is 0 Å². The van der Waals surface area contributed by atoms with Gasteiger partial charge in [-0.1, -0.05) is 29.3 Å². The number of aromatic nitrogens is 1. The molecular formula is C12H14Cl2N2O. The van der Waals surface area contributed by atoms with E-state index < -0.39 is 6.10 Å². The van der Waals surface area contributed by atoms with Gasteiger partial charge in [0.25, 0.3) is 0 Å². The fraction of sp³-hybridized carbons (Fsp3) is 0.333. The van der Waals surface area contributed by atoms with Gasteiger partial charge >= 0.3 is 0 Å². The van der Waals surface area contributed by atoms with Crippen molar-refractivity contribution in [3.05, 3.63) is 33.9 Å². The summed E-state index contributed by atoms with van der Waals surface area (Å²) in [7, 11) is 0. The Labute approximate surface area is 110 Å². The van der Waals surface area contributed by atoms with Gasteiger partial charge in [0.15, 0.2) is 0 Å². The maximum Gasteiger partial charge on any atom is 0.0835 e. The third-order valence-corrected chi connectivity index (χ3v) is 3.58. The summed E-state index contributed by atoms with van der Waals surface area (Å²) in [6.07, 6.45) is 1.33. The molecular weight excluding hydrogens is 259 g/mol. The topological polar surface area (TPSA) is 51.2 Å². The van der Waals surface area contributed by atoms with Gasteiger partial charge in [-0.15, -0.1) is 0 Å². The minimum absolute atomic E-state index is 0.504. The van der Waals surface area contributed by atoms with Crippen LogP contribution in [0.3, 0.4) is 0 Å². The van der Waals surface area contributed by atoms with Gasteiger partial charge in [0, 0.05) is 30.2 Å². The van der Waals surface area contributed by atoms with Crippen molar-refractivity contribution in [1.82, 2.24) is 4.57 Å². The number of hydrogen-bond donors (Lipinski definition) is 2. The third kappa shape index (κ3) is 2.16. The Hall–Kier alpha value is -0.740. The van der Waals surface area contributed by atoms with Crippen LogP contribution in [-0.4, -0.2) is 16.2 Å². The highest BCUT2D eigenvalue weighted by atomic mass is 35.5. The smallest absolute Gasteiger partial charge is 0.0835 e. The van der Waals surface area contributed by atoms with Crippen molar-refractivity contribution in [3.63, 3.8) is 0 Å². The summed E-state index contributed by atoms with van der Waals surface area (Å²) in [5.74, 6) is 0. The van der Waals surface area contributed by atoms with E-state index in [1.54, 1.807) is 13.0 Å². The van der Waals surface area contributed by atoms with Gasteiger partial charge in [0.1, 0.15) is 0 Å². The first-order chi connectivity index (χ1) is 8.06. The molecule has 0 amide bonds. The Morgan fingerprint density at radius 2 is 2.12 bits per heavy atom. The predicted octanol–water partition coefficient (Wildman–Crippen LogP) is 2.96. The van der Waals surface area contributed by atoms with Crippen LogP contribution in [0.4, 0.5) is 0 Å². The minimum Gasteiger partial charge on any atom is -0.389 e. The van der Waals surface area contributed by atoms with Crippen molar-refractivity contribution in [1.29, 1.82) is 0 Å². The second-order valence-electron chi connectivity index (χ2n) is 4.00. The lowest BCUT2D eigenvalue weighted by Crippen LogP contribution is -2.08. The molecule has 0 bridgehead atoms. The van der Waals surface area contributed by atoms with Gasteiger partial charge in [0.05, 0.1) is 21.7 Å². The summed E-state index contributed by atoms with van der Waals surface area (Å²) < 4.78 is 1.94. The van der Waals surface area contributed by atoms with Crippen LogP contribution in [0.15, 0.2) is 18.3 Å². The molecule has 92 valence electrons. The van der Waals surface area contributed by atoms with Crippen molar-refractivity contribution in [2.75, 3.05) is 6.54 Å². The Balaban J connectivity index is 2.76. The second-order valence-corrected chi connectivity index (χ2v) is 4.79. The second kappa shape index (κ2) is 4.86. The molecule has 0 aliphatic rings. The molecule has 1 unspecified atom stereocenters. The highest BCUT2D eigenvalue weighted by Crippen LogP contribution is 2.35. The zero-order chi connectivity index (χ0) is 12.6. The van der Waals surface area contributed by atoms with Crippen molar-refractivity contribution in [2.24, 2.45) is 5.73 Å². The molecule has 3 nitrogen and oxygen atoms in total. The average Bonchev–Trinajstić information content (AvgIpc) is 2.64. The highest BCUT2D eigenvalue weighted by molar-refractivity contribution is 6.45. The summed E-state index contributed by atoms with van der Waals surface area (Å²) in [6, 6.07) is 3.61. The fourth-order valence-corrected chi connectivity index (χ4v) is 2.43. The van der Waals surface area contributed by atoms with E-state index in [0.717, 1.165) is 16.5 Å². The highest BCUT2D eigenvalue weighted by Gasteiger charge is 2.16. The Kier molecular flexibility index (Phi) is 3.64. The van der Waals surface area contributed by atoms with E-state index in [1.807, 2.05) is 16.8 Å². The van der Waals surface area contributed by atoms with E-state index in [4.69, 9.17) is 28.9 Å². The summed E-state index contributed by atoms with van der Waals surface area (Å²) >= 11 is 12.2. The Morgan fingerprint density at radius 3 is 2.71 bits per heavy atom. The number of halogens is 2. The molecule has 2 rings (SSSR count). The Morgan fingerprint density at radius 1 is 1.41 bits per heavy atom. The summed E-state index contributed by atoms with van der Waals surface area (Å²) in [4.78, 5) is 0. The number of hydrogen-bond acceptors (Lipinski definition) is 2. The van der Waals surface area contributed by atoms with E-state index in [9.17, 15) is 5.11 Å². The van der Waals surface area contributed by atoms with Gasteiger partial charge < -0.3 is 15.4 Å². The molecule has 1 aromatic heterocycles. The largest absolute Gasteiger partial charge is 0.389 e. The molecule has 0 radical (unpaired) electrons. The molecule has 1 atom stereocenters. The molecule has 0 saturated carbocycles. The van der Waals surface area contributed by atoms with Crippen LogP contribution in [0.5, 0.6) is 0 Å². The average molecular weight is 273 g/mol. The van der Waals surface area contributed by atoms with Crippen LogP contribution in [0.25, 0.3) is 10.9 Å².